The predicted molar refractivity (Wildman–Crippen MR) is 102 cm³/mol. The number of alkyl halides is 3. The summed E-state index contributed by atoms with van der Waals surface area (Å²) in [6.45, 7) is 6.46. The zero-order chi connectivity index (χ0) is 20.4. The minimum absolute atomic E-state index is 0.0614. The lowest BCUT2D eigenvalue weighted by Gasteiger charge is -2.30. The van der Waals surface area contributed by atoms with Gasteiger partial charge in [0.05, 0.1) is 0 Å². The Morgan fingerprint density at radius 3 is 2.04 bits per heavy atom. The maximum Gasteiger partial charge on any atom is 0.573 e. The number of halogens is 3. The lowest BCUT2D eigenvalue weighted by atomic mass is 9.75. The largest absolute Gasteiger partial charge is 0.573 e. The van der Waals surface area contributed by atoms with Crippen molar-refractivity contribution in [1.82, 2.24) is 9.97 Å². The van der Waals surface area contributed by atoms with Gasteiger partial charge in [-0.3, -0.25) is 9.97 Å². The molecule has 0 saturated heterocycles. The molecule has 0 aliphatic carbocycles. The van der Waals surface area contributed by atoms with Crippen molar-refractivity contribution in [3.05, 3.63) is 78.4 Å². The van der Waals surface area contributed by atoms with E-state index in [1.807, 2.05) is 30.5 Å². The molecular formula is C22H21F3N2O. The van der Waals surface area contributed by atoms with Crippen molar-refractivity contribution in [2.45, 2.75) is 33.1 Å². The van der Waals surface area contributed by atoms with Crippen molar-refractivity contribution in [2.24, 2.45) is 5.41 Å². The van der Waals surface area contributed by atoms with Crippen LogP contribution in [0.4, 0.5) is 13.2 Å². The molecule has 0 N–H and O–H groups in total. The number of pyridine rings is 2. The Labute approximate surface area is 162 Å². The highest BCUT2D eigenvalue weighted by molar-refractivity contribution is 5.63. The summed E-state index contributed by atoms with van der Waals surface area (Å²) in [6, 6.07) is 13.6. The van der Waals surface area contributed by atoms with Gasteiger partial charge < -0.3 is 4.74 Å². The van der Waals surface area contributed by atoms with E-state index in [2.05, 4.69) is 35.5 Å². The van der Waals surface area contributed by atoms with E-state index in [-0.39, 0.29) is 17.1 Å². The van der Waals surface area contributed by atoms with Crippen LogP contribution in [-0.4, -0.2) is 16.3 Å². The van der Waals surface area contributed by atoms with E-state index in [1.54, 1.807) is 24.5 Å². The number of hydrogen-bond donors (Lipinski definition) is 0. The first-order valence-electron chi connectivity index (χ1n) is 8.85. The van der Waals surface area contributed by atoms with E-state index < -0.39 is 6.36 Å². The molecule has 0 bridgehead atoms. The molecule has 0 saturated carbocycles. The minimum atomic E-state index is -4.70. The standard InChI is InChI=1S/C22H21F3N2O/c1-21(2,3)20(17-5-4-12-26-13-17)19-11-8-16(14-27-19)15-6-9-18(10-7-15)28-22(23,24)25/h4-14,20H,1-3H3. The number of hydrogen-bond acceptors (Lipinski definition) is 3. The summed E-state index contributed by atoms with van der Waals surface area (Å²) in [7, 11) is 0. The third-order valence-electron chi connectivity index (χ3n) is 4.39. The molecule has 0 aliphatic rings. The van der Waals surface area contributed by atoms with E-state index in [9.17, 15) is 13.2 Å². The van der Waals surface area contributed by atoms with Gasteiger partial charge >= 0.3 is 6.36 Å². The summed E-state index contributed by atoms with van der Waals surface area (Å²) in [5.74, 6) is -0.178. The van der Waals surface area contributed by atoms with Crippen LogP contribution in [0.5, 0.6) is 5.75 Å². The monoisotopic (exact) mass is 386 g/mol. The Hall–Kier alpha value is -2.89. The summed E-state index contributed by atoms with van der Waals surface area (Å²) >= 11 is 0. The Kier molecular flexibility index (Phi) is 5.40. The molecule has 3 nitrogen and oxygen atoms in total. The molecule has 3 rings (SSSR count). The maximum atomic E-state index is 12.3. The fraction of sp³-hybridized carbons (Fsp3) is 0.273. The summed E-state index contributed by atoms with van der Waals surface area (Å²) < 4.78 is 40.8. The summed E-state index contributed by atoms with van der Waals surface area (Å²) in [5, 5.41) is 0. The average Bonchev–Trinajstić information content (AvgIpc) is 2.62. The first-order chi connectivity index (χ1) is 13.1. The molecule has 0 aliphatic heterocycles. The van der Waals surface area contributed by atoms with E-state index in [4.69, 9.17) is 0 Å². The van der Waals surface area contributed by atoms with E-state index in [0.29, 0.717) is 0 Å². The molecule has 0 spiro atoms. The molecule has 1 aromatic carbocycles. The molecular weight excluding hydrogens is 365 g/mol. The average molecular weight is 386 g/mol. The number of nitrogens with zero attached hydrogens (tertiary/aromatic N) is 2. The zero-order valence-corrected chi connectivity index (χ0v) is 15.9. The smallest absolute Gasteiger partial charge is 0.406 e. The van der Waals surface area contributed by atoms with Crippen LogP contribution in [0.15, 0.2) is 67.1 Å². The fourth-order valence-electron chi connectivity index (χ4n) is 3.26. The molecule has 0 fully saturated rings. The molecule has 2 aromatic heterocycles. The fourth-order valence-corrected chi connectivity index (χ4v) is 3.26. The lowest BCUT2D eigenvalue weighted by Crippen LogP contribution is -2.20. The van der Waals surface area contributed by atoms with Gasteiger partial charge in [0, 0.05) is 35.8 Å². The highest BCUT2D eigenvalue weighted by atomic mass is 19.4. The summed E-state index contributed by atoms with van der Waals surface area (Å²) in [4.78, 5) is 8.86. The van der Waals surface area contributed by atoms with Crippen LogP contribution in [0.2, 0.25) is 0 Å². The van der Waals surface area contributed by atoms with Crippen molar-refractivity contribution < 1.29 is 17.9 Å². The van der Waals surface area contributed by atoms with Crippen LogP contribution in [-0.2, 0) is 0 Å². The molecule has 0 amide bonds. The predicted octanol–water partition coefficient (Wildman–Crippen LogP) is 6.22. The first kappa shape index (κ1) is 19.9. The highest BCUT2D eigenvalue weighted by Crippen LogP contribution is 2.39. The number of aromatic nitrogens is 2. The molecule has 1 unspecified atom stereocenters. The molecule has 3 aromatic rings. The van der Waals surface area contributed by atoms with Crippen LogP contribution < -0.4 is 4.74 Å². The molecule has 146 valence electrons. The van der Waals surface area contributed by atoms with Crippen LogP contribution >= 0.6 is 0 Å². The highest BCUT2D eigenvalue weighted by Gasteiger charge is 2.31. The van der Waals surface area contributed by atoms with Gasteiger partial charge in [-0.05, 0) is 40.8 Å². The molecule has 1 atom stereocenters. The zero-order valence-electron chi connectivity index (χ0n) is 15.9. The second-order valence-electron chi connectivity index (χ2n) is 7.63. The van der Waals surface area contributed by atoms with Crippen LogP contribution in [0.1, 0.15) is 37.9 Å². The topological polar surface area (TPSA) is 35.0 Å². The quantitative estimate of drug-likeness (QED) is 0.534. The van der Waals surface area contributed by atoms with Gasteiger partial charge in [-0.25, -0.2) is 0 Å². The third kappa shape index (κ3) is 4.88. The van der Waals surface area contributed by atoms with Gasteiger partial charge in [0.25, 0.3) is 0 Å². The number of benzene rings is 1. The Bertz CT molecular complexity index is 900. The van der Waals surface area contributed by atoms with Crippen molar-refractivity contribution in [3.63, 3.8) is 0 Å². The summed E-state index contributed by atoms with van der Waals surface area (Å²) in [5.41, 5.74) is 3.53. The van der Waals surface area contributed by atoms with Gasteiger partial charge in [-0.15, -0.1) is 13.2 Å². The maximum absolute atomic E-state index is 12.3. The molecule has 2 heterocycles. The van der Waals surface area contributed by atoms with Gasteiger partial charge in [-0.2, -0.15) is 0 Å². The Morgan fingerprint density at radius 2 is 1.54 bits per heavy atom. The van der Waals surface area contributed by atoms with Gasteiger partial charge in [0.15, 0.2) is 0 Å². The van der Waals surface area contributed by atoms with Gasteiger partial charge in [0.1, 0.15) is 5.75 Å². The van der Waals surface area contributed by atoms with Crippen molar-refractivity contribution >= 4 is 0 Å². The van der Waals surface area contributed by atoms with E-state index in [0.717, 1.165) is 22.4 Å². The van der Waals surface area contributed by atoms with Crippen LogP contribution in [0.25, 0.3) is 11.1 Å². The van der Waals surface area contributed by atoms with Crippen molar-refractivity contribution in [3.8, 4) is 16.9 Å². The Balaban J connectivity index is 1.86. The van der Waals surface area contributed by atoms with Gasteiger partial charge in [-0.1, -0.05) is 45.0 Å². The molecule has 0 radical (unpaired) electrons. The van der Waals surface area contributed by atoms with E-state index >= 15 is 0 Å². The number of rotatable bonds is 4. The van der Waals surface area contributed by atoms with Crippen molar-refractivity contribution in [1.29, 1.82) is 0 Å². The second-order valence-corrected chi connectivity index (χ2v) is 7.63. The number of ether oxygens (including phenoxy) is 1. The SMILES string of the molecule is CC(C)(C)C(c1cccnc1)c1ccc(-c2ccc(OC(F)(F)F)cc2)cn1. The van der Waals surface area contributed by atoms with E-state index in [1.165, 1.54) is 12.1 Å². The molecule has 28 heavy (non-hydrogen) atoms. The normalized spacial score (nSPS) is 13.2. The van der Waals surface area contributed by atoms with Crippen LogP contribution in [0, 0.1) is 5.41 Å². The Morgan fingerprint density at radius 1 is 0.857 bits per heavy atom. The minimum Gasteiger partial charge on any atom is -0.406 e. The second kappa shape index (κ2) is 7.62. The third-order valence-corrected chi connectivity index (χ3v) is 4.39. The first-order valence-corrected chi connectivity index (χ1v) is 8.85. The van der Waals surface area contributed by atoms with Crippen LogP contribution in [0.3, 0.4) is 0 Å². The summed E-state index contributed by atoms with van der Waals surface area (Å²) in [6.07, 6.45) is 0.639. The van der Waals surface area contributed by atoms with Crippen molar-refractivity contribution in [2.75, 3.05) is 0 Å². The van der Waals surface area contributed by atoms with Gasteiger partial charge in [0.2, 0.25) is 0 Å². The lowest BCUT2D eigenvalue weighted by molar-refractivity contribution is -0.274. The molecule has 6 heteroatoms.